The molecule has 0 aromatic rings. The van der Waals surface area contributed by atoms with Crippen LogP contribution in [0.3, 0.4) is 0 Å². The van der Waals surface area contributed by atoms with Gasteiger partial charge < -0.3 is 5.73 Å². The number of nitrogens with zero attached hydrogens (tertiary/aromatic N) is 1. The lowest BCUT2D eigenvalue weighted by Crippen LogP contribution is -2.53. The summed E-state index contributed by atoms with van der Waals surface area (Å²) >= 11 is 0. The molecule has 1 unspecified atom stereocenters. The maximum absolute atomic E-state index is 11.6. The molecule has 2 N–H and O–H groups in total. The average Bonchev–Trinajstić information content (AvgIpc) is 2.21. The fourth-order valence-corrected chi connectivity index (χ4v) is 3.16. The molecular formula is C12H22N2O. The first-order valence-electron chi connectivity index (χ1n) is 6.24. The predicted molar refractivity (Wildman–Crippen MR) is 60.6 cm³/mol. The molecule has 0 spiro atoms. The highest BCUT2D eigenvalue weighted by Gasteiger charge is 2.38. The van der Waals surface area contributed by atoms with Gasteiger partial charge in [-0.2, -0.15) is 0 Å². The van der Waals surface area contributed by atoms with Crippen LogP contribution < -0.4 is 5.73 Å². The SMILES string of the molecule is CCCN1CCC[C@H]2CC(N)C(=O)C[C@@H]21. The van der Waals surface area contributed by atoms with Crippen molar-refractivity contribution in [3.05, 3.63) is 0 Å². The number of carbonyl (C=O) groups is 1. The summed E-state index contributed by atoms with van der Waals surface area (Å²) in [6.07, 6.45) is 5.35. The van der Waals surface area contributed by atoms with Gasteiger partial charge in [0.25, 0.3) is 0 Å². The van der Waals surface area contributed by atoms with Crippen molar-refractivity contribution >= 4 is 5.78 Å². The number of carbonyl (C=O) groups excluding carboxylic acids is 1. The van der Waals surface area contributed by atoms with Crippen molar-refractivity contribution < 1.29 is 4.79 Å². The average molecular weight is 210 g/mol. The zero-order valence-electron chi connectivity index (χ0n) is 9.61. The lowest BCUT2D eigenvalue weighted by molar-refractivity contribution is -0.126. The van der Waals surface area contributed by atoms with E-state index in [1.54, 1.807) is 0 Å². The van der Waals surface area contributed by atoms with E-state index in [0.717, 1.165) is 13.0 Å². The van der Waals surface area contributed by atoms with Crippen molar-refractivity contribution in [1.82, 2.24) is 4.90 Å². The second kappa shape index (κ2) is 4.62. The van der Waals surface area contributed by atoms with Crippen molar-refractivity contribution in [3.8, 4) is 0 Å². The maximum Gasteiger partial charge on any atom is 0.151 e. The number of fused-ring (bicyclic) bond motifs is 1. The number of piperidine rings is 1. The van der Waals surface area contributed by atoms with Crippen LogP contribution >= 0.6 is 0 Å². The van der Waals surface area contributed by atoms with Gasteiger partial charge in [-0.25, -0.2) is 0 Å². The number of ketones is 1. The lowest BCUT2D eigenvalue weighted by atomic mass is 9.76. The van der Waals surface area contributed by atoms with Crippen LogP contribution in [0.4, 0.5) is 0 Å². The topological polar surface area (TPSA) is 46.3 Å². The van der Waals surface area contributed by atoms with Crippen LogP contribution in [0.1, 0.15) is 39.0 Å². The van der Waals surface area contributed by atoms with Gasteiger partial charge in [0, 0.05) is 12.5 Å². The maximum atomic E-state index is 11.6. The monoisotopic (exact) mass is 210 g/mol. The largest absolute Gasteiger partial charge is 0.321 e. The van der Waals surface area contributed by atoms with Gasteiger partial charge in [0.15, 0.2) is 5.78 Å². The Hall–Kier alpha value is -0.410. The summed E-state index contributed by atoms with van der Waals surface area (Å²) in [5, 5.41) is 0. The van der Waals surface area contributed by atoms with E-state index in [2.05, 4.69) is 11.8 Å². The molecule has 2 rings (SSSR count). The van der Waals surface area contributed by atoms with Crippen molar-refractivity contribution in [2.45, 2.75) is 51.1 Å². The van der Waals surface area contributed by atoms with Gasteiger partial charge in [-0.15, -0.1) is 0 Å². The van der Waals surface area contributed by atoms with Crippen LogP contribution in [0, 0.1) is 5.92 Å². The Morgan fingerprint density at radius 1 is 1.53 bits per heavy atom. The van der Waals surface area contributed by atoms with Crippen LogP contribution in [0.15, 0.2) is 0 Å². The summed E-state index contributed by atoms with van der Waals surface area (Å²) in [7, 11) is 0. The van der Waals surface area contributed by atoms with Gasteiger partial charge in [-0.3, -0.25) is 9.69 Å². The van der Waals surface area contributed by atoms with Crippen LogP contribution in [0.25, 0.3) is 0 Å². The van der Waals surface area contributed by atoms with Gasteiger partial charge in [0.1, 0.15) is 0 Å². The molecule has 0 bridgehead atoms. The highest BCUT2D eigenvalue weighted by Crippen LogP contribution is 2.33. The lowest BCUT2D eigenvalue weighted by Gasteiger charge is -2.44. The Morgan fingerprint density at radius 3 is 3.07 bits per heavy atom. The van der Waals surface area contributed by atoms with Crippen molar-refractivity contribution in [3.63, 3.8) is 0 Å². The van der Waals surface area contributed by atoms with Gasteiger partial charge in [-0.1, -0.05) is 6.92 Å². The number of nitrogens with two attached hydrogens (primary N) is 1. The second-order valence-corrected chi connectivity index (χ2v) is 5.02. The molecule has 0 aromatic heterocycles. The minimum absolute atomic E-state index is 0.173. The molecule has 1 aliphatic heterocycles. The molecule has 86 valence electrons. The van der Waals surface area contributed by atoms with Crippen LogP contribution in [0.2, 0.25) is 0 Å². The number of Topliss-reactive ketones (excluding diaryl/α,β-unsaturated/α-hetero) is 1. The van der Waals surface area contributed by atoms with E-state index in [4.69, 9.17) is 5.73 Å². The predicted octanol–water partition coefficient (Wildman–Crippen LogP) is 1.17. The minimum atomic E-state index is -0.173. The van der Waals surface area contributed by atoms with Gasteiger partial charge in [-0.05, 0) is 44.7 Å². The standard InChI is InChI=1S/C12H22N2O/c1-2-5-14-6-3-4-9-7-10(13)12(15)8-11(9)14/h9-11H,2-8,13H2,1H3/t9-,10?,11-/m0/s1. The second-order valence-electron chi connectivity index (χ2n) is 5.02. The molecule has 3 nitrogen and oxygen atoms in total. The molecule has 1 heterocycles. The third kappa shape index (κ3) is 2.23. The Balaban J connectivity index is 2.04. The molecule has 2 fully saturated rings. The molecule has 1 saturated carbocycles. The van der Waals surface area contributed by atoms with Crippen LogP contribution in [-0.2, 0) is 4.79 Å². The number of rotatable bonds is 2. The summed E-state index contributed by atoms with van der Waals surface area (Å²) < 4.78 is 0. The fourth-order valence-electron chi connectivity index (χ4n) is 3.16. The molecular weight excluding hydrogens is 188 g/mol. The first kappa shape index (κ1) is 11.1. The van der Waals surface area contributed by atoms with Gasteiger partial charge in [0.05, 0.1) is 6.04 Å². The normalized spacial score (nSPS) is 37.7. The van der Waals surface area contributed by atoms with Crippen molar-refractivity contribution in [2.24, 2.45) is 11.7 Å². The number of hydrogen-bond donors (Lipinski definition) is 1. The molecule has 2 aliphatic rings. The molecule has 3 atom stereocenters. The van der Waals surface area contributed by atoms with E-state index in [9.17, 15) is 4.79 Å². The highest BCUT2D eigenvalue weighted by molar-refractivity contribution is 5.85. The zero-order chi connectivity index (χ0) is 10.8. The van der Waals surface area contributed by atoms with Crippen molar-refractivity contribution in [2.75, 3.05) is 13.1 Å². The van der Waals surface area contributed by atoms with E-state index in [-0.39, 0.29) is 11.8 Å². The molecule has 0 radical (unpaired) electrons. The molecule has 3 heteroatoms. The van der Waals surface area contributed by atoms with Crippen LogP contribution in [0.5, 0.6) is 0 Å². The van der Waals surface area contributed by atoms with E-state index < -0.39 is 0 Å². The van der Waals surface area contributed by atoms with E-state index in [1.165, 1.54) is 25.8 Å². The summed E-state index contributed by atoms with van der Waals surface area (Å²) in [6.45, 7) is 4.53. The minimum Gasteiger partial charge on any atom is -0.321 e. The third-order valence-electron chi connectivity index (χ3n) is 3.92. The summed E-state index contributed by atoms with van der Waals surface area (Å²) in [6, 6.07) is 0.332. The van der Waals surface area contributed by atoms with Gasteiger partial charge in [0.2, 0.25) is 0 Å². The molecule has 1 saturated heterocycles. The quantitative estimate of drug-likeness (QED) is 0.744. The number of hydrogen-bond acceptors (Lipinski definition) is 3. The molecule has 15 heavy (non-hydrogen) atoms. The summed E-state index contributed by atoms with van der Waals surface area (Å²) in [5.74, 6) is 0.956. The zero-order valence-corrected chi connectivity index (χ0v) is 9.61. The highest BCUT2D eigenvalue weighted by atomic mass is 16.1. The Labute approximate surface area is 92.0 Å². The Morgan fingerprint density at radius 2 is 2.33 bits per heavy atom. The van der Waals surface area contributed by atoms with Crippen LogP contribution in [-0.4, -0.2) is 35.9 Å². The summed E-state index contributed by atoms with van der Waals surface area (Å²) in [5.41, 5.74) is 5.84. The van der Waals surface area contributed by atoms with E-state index in [1.807, 2.05) is 0 Å². The molecule has 0 amide bonds. The fraction of sp³-hybridized carbons (Fsp3) is 0.917. The first-order chi connectivity index (χ1) is 7.22. The van der Waals surface area contributed by atoms with Crippen molar-refractivity contribution in [1.29, 1.82) is 0 Å². The summed E-state index contributed by atoms with van der Waals surface area (Å²) in [4.78, 5) is 14.2. The van der Waals surface area contributed by atoms with Gasteiger partial charge >= 0.3 is 0 Å². The van der Waals surface area contributed by atoms with E-state index >= 15 is 0 Å². The Kier molecular flexibility index (Phi) is 3.42. The number of likely N-dealkylation sites (tertiary alicyclic amines) is 1. The smallest absolute Gasteiger partial charge is 0.151 e. The van der Waals surface area contributed by atoms with E-state index in [0.29, 0.717) is 18.4 Å². The Bertz CT molecular complexity index is 233. The first-order valence-corrected chi connectivity index (χ1v) is 6.24. The third-order valence-corrected chi connectivity index (χ3v) is 3.92. The molecule has 0 aromatic carbocycles. The molecule has 1 aliphatic carbocycles.